The van der Waals surface area contributed by atoms with Crippen LogP contribution in [0.3, 0.4) is 0 Å². The maximum atomic E-state index is 5.66. The molecule has 3 nitrogen and oxygen atoms in total. The largest absolute Gasteiger partial charge is 0.367 e. The van der Waals surface area contributed by atoms with Crippen LogP contribution in [0.2, 0.25) is 0 Å². The van der Waals surface area contributed by atoms with Crippen molar-refractivity contribution in [3.05, 3.63) is 34.9 Å². The van der Waals surface area contributed by atoms with E-state index in [-0.39, 0.29) is 0 Å². The van der Waals surface area contributed by atoms with Gasteiger partial charge in [-0.2, -0.15) is 0 Å². The lowest BCUT2D eigenvalue weighted by molar-refractivity contribution is 0.439. The predicted octanol–water partition coefficient (Wildman–Crippen LogP) is 2.72. The number of hydrogen-bond donors (Lipinski definition) is 1. The number of rotatable bonds is 1. The van der Waals surface area contributed by atoms with Crippen LogP contribution in [0.4, 0.5) is 5.88 Å². The average molecular weight is 214 g/mol. The number of anilines is 1. The van der Waals surface area contributed by atoms with Gasteiger partial charge in [-0.3, -0.25) is 0 Å². The molecule has 1 aromatic carbocycles. The zero-order chi connectivity index (χ0) is 11.1. The van der Waals surface area contributed by atoms with Crippen molar-refractivity contribution in [3.63, 3.8) is 0 Å². The molecule has 1 heterocycles. The second-order valence-electron chi connectivity index (χ2n) is 4.36. The zero-order valence-corrected chi connectivity index (χ0v) is 9.29. The van der Waals surface area contributed by atoms with E-state index < -0.39 is 0 Å². The van der Waals surface area contributed by atoms with Crippen molar-refractivity contribution in [2.75, 3.05) is 5.73 Å². The molecule has 0 fully saturated rings. The molecule has 3 rings (SSSR count). The Morgan fingerprint density at radius 3 is 2.81 bits per heavy atom. The minimum Gasteiger partial charge on any atom is -0.367 e. The summed E-state index contributed by atoms with van der Waals surface area (Å²) in [6.07, 6.45) is 3.64. The van der Waals surface area contributed by atoms with Gasteiger partial charge in [-0.1, -0.05) is 17.3 Å². The lowest BCUT2D eigenvalue weighted by atomic mass is 10.0. The lowest BCUT2D eigenvalue weighted by Crippen LogP contribution is -1.87. The molecule has 0 spiro atoms. The van der Waals surface area contributed by atoms with Gasteiger partial charge in [0.15, 0.2) is 0 Å². The van der Waals surface area contributed by atoms with Crippen LogP contribution in [0.15, 0.2) is 22.7 Å². The molecule has 16 heavy (non-hydrogen) atoms. The second kappa shape index (κ2) is 3.37. The molecule has 0 atom stereocenters. The van der Waals surface area contributed by atoms with Gasteiger partial charge >= 0.3 is 0 Å². The molecular formula is C13H14N2O. The molecule has 0 unspecified atom stereocenters. The Hall–Kier alpha value is -1.77. The fourth-order valence-corrected chi connectivity index (χ4v) is 2.34. The molecule has 1 aliphatic carbocycles. The van der Waals surface area contributed by atoms with E-state index in [1.807, 2.05) is 6.92 Å². The zero-order valence-electron chi connectivity index (χ0n) is 9.29. The average Bonchev–Trinajstić information content (AvgIpc) is 2.86. The van der Waals surface area contributed by atoms with Gasteiger partial charge in [0.05, 0.1) is 0 Å². The maximum absolute atomic E-state index is 5.66. The highest BCUT2D eigenvalue weighted by atomic mass is 16.5. The van der Waals surface area contributed by atoms with Crippen molar-refractivity contribution in [3.8, 4) is 11.3 Å². The number of fused-ring (bicyclic) bond motifs is 1. The third-order valence-electron chi connectivity index (χ3n) is 3.33. The maximum Gasteiger partial charge on any atom is 0.225 e. The summed E-state index contributed by atoms with van der Waals surface area (Å²) in [5.41, 5.74) is 11.5. The smallest absolute Gasteiger partial charge is 0.225 e. The van der Waals surface area contributed by atoms with Gasteiger partial charge in [0.2, 0.25) is 5.88 Å². The monoisotopic (exact) mass is 214 g/mol. The molecule has 0 saturated heterocycles. The summed E-state index contributed by atoms with van der Waals surface area (Å²) in [5, 5.41) is 4.01. The van der Waals surface area contributed by atoms with Crippen molar-refractivity contribution < 1.29 is 4.52 Å². The summed E-state index contributed by atoms with van der Waals surface area (Å²) >= 11 is 0. The number of hydrogen-bond acceptors (Lipinski definition) is 3. The minimum atomic E-state index is 0.412. The Labute approximate surface area is 94.2 Å². The van der Waals surface area contributed by atoms with Gasteiger partial charge in [0, 0.05) is 11.1 Å². The van der Waals surface area contributed by atoms with E-state index in [0.29, 0.717) is 5.88 Å². The van der Waals surface area contributed by atoms with Crippen LogP contribution in [0.5, 0.6) is 0 Å². The van der Waals surface area contributed by atoms with E-state index >= 15 is 0 Å². The van der Waals surface area contributed by atoms with E-state index in [0.717, 1.165) is 16.8 Å². The fourth-order valence-electron chi connectivity index (χ4n) is 2.34. The first-order valence-electron chi connectivity index (χ1n) is 5.59. The standard InChI is InChI=1S/C13H14N2O/c1-8-12(15-16-13(8)14)11-6-5-9-3-2-4-10(9)7-11/h5-7H,2-4,14H2,1H3. The Morgan fingerprint density at radius 1 is 1.25 bits per heavy atom. The number of aryl methyl sites for hydroxylation is 2. The van der Waals surface area contributed by atoms with Crippen molar-refractivity contribution in [1.82, 2.24) is 5.16 Å². The topological polar surface area (TPSA) is 52.0 Å². The van der Waals surface area contributed by atoms with Gasteiger partial charge in [0.25, 0.3) is 0 Å². The van der Waals surface area contributed by atoms with Gasteiger partial charge in [0.1, 0.15) is 5.69 Å². The Morgan fingerprint density at radius 2 is 2.06 bits per heavy atom. The summed E-state index contributed by atoms with van der Waals surface area (Å²) in [4.78, 5) is 0. The highest BCUT2D eigenvalue weighted by molar-refractivity contribution is 5.67. The molecule has 3 heteroatoms. The molecular weight excluding hydrogens is 200 g/mol. The van der Waals surface area contributed by atoms with Crippen LogP contribution in [-0.4, -0.2) is 5.16 Å². The SMILES string of the molecule is Cc1c(-c2ccc3c(c2)CCC3)noc1N. The summed E-state index contributed by atoms with van der Waals surface area (Å²) < 4.78 is 5.00. The van der Waals surface area contributed by atoms with Gasteiger partial charge < -0.3 is 10.3 Å². The van der Waals surface area contributed by atoms with Crippen LogP contribution < -0.4 is 5.73 Å². The molecule has 1 aliphatic rings. The van der Waals surface area contributed by atoms with Gasteiger partial charge in [-0.05, 0) is 43.4 Å². The lowest BCUT2D eigenvalue weighted by Gasteiger charge is -2.02. The molecule has 2 aromatic rings. The number of nitrogen functional groups attached to an aromatic ring is 1. The number of nitrogens with two attached hydrogens (primary N) is 1. The van der Waals surface area contributed by atoms with Crippen molar-refractivity contribution in [2.45, 2.75) is 26.2 Å². The molecule has 0 amide bonds. The van der Waals surface area contributed by atoms with Crippen LogP contribution in [0.25, 0.3) is 11.3 Å². The van der Waals surface area contributed by atoms with Gasteiger partial charge in [-0.25, -0.2) is 0 Å². The fraction of sp³-hybridized carbons (Fsp3) is 0.308. The quantitative estimate of drug-likeness (QED) is 0.794. The van der Waals surface area contributed by atoms with Crippen molar-refractivity contribution in [2.24, 2.45) is 0 Å². The Kier molecular flexibility index (Phi) is 1.99. The van der Waals surface area contributed by atoms with Crippen LogP contribution in [-0.2, 0) is 12.8 Å². The Balaban J connectivity index is 2.10. The van der Waals surface area contributed by atoms with Gasteiger partial charge in [-0.15, -0.1) is 0 Å². The highest BCUT2D eigenvalue weighted by Crippen LogP contribution is 2.30. The first-order chi connectivity index (χ1) is 7.75. The molecule has 1 aromatic heterocycles. The first-order valence-corrected chi connectivity index (χ1v) is 5.59. The van der Waals surface area contributed by atoms with Crippen LogP contribution in [0, 0.1) is 6.92 Å². The molecule has 0 aliphatic heterocycles. The predicted molar refractivity (Wildman–Crippen MR) is 63.1 cm³/mol. The van der Waals surface area contributed by atoms with Crippen molar-refractivity contribution >= 4 is 5.88 Å². The molecule has 0 saturated carbocycles. The van der Waals surface area contributed by atoms with Crippen molar-refractivity contribution in [1.29, 1.82) is 0 Å². The van der Waals surface area contributed by atoms with E-state index in [1.54, 1.807) is 0 Å². The number of benzene rings is 1. The molecule has 2 N–H and O–H groups in total. The summed E-state index contributed by atoms with van der Waals surface area (Å²) in [6.45, 7) is 1.94. The summed E-state index contributed by atoms with van der Waals surface area (Å²) in [5.74, 6) is 0.412. The molecule has 0 radical (unpaired) electrons. The van der Waals surface area contributed by atoms with E-state index in [4.69, 9.17) is 10.3 Å². The third kappa shape index (κ3) is 1.32. The van der Waals surface area contributed by atoms with E-state index in [2.05, 4.69) is 23.4 Å². The minimum absolute atomic E-state index is 0.412. The third-order valence-corrected chi connectivity index (χ3v) is 3.33. The molecule has 82 valence electrons. The highest BCUT2D eigenvalue weighted by Gasteiger charge is 2.15. The van der Waals surface area contributed by atoms with E-state index in [1.165, 1.54) is 30.4 Å². The summed E-state index contributed by atoms with van der Waals surface area (Å²) in [7, 11) is 0. The van der Waals surface area contributed by atoms with E-state index in [9.17, 15) is 0 Å². The first kappa shape index (κ1) is 9.46. The Bertz CT molecular complexity index is 543. The van der Waals surface area contributed by atoms with Crippen LogP contribution in [0.1, 0.15) is 23.1 Å². The molecule has 0 bridgehead atoms. The van der Waals surface area contributed by atoms with Crippen LogP contribution >= 0.6 is 0 Å². The normalized spacial score (nSPS) is 14.1. The summed E-state index contributed by atoms with van der Waals surface area (Å²) in [6, 6.07) is 6.52. The number of nitrogens with zero attached hydrogens (tertiary/aromatic N) is 1. The number of aromatic nitrogens is 1. The second-order valence-corrected chi connectivity index (χ2v) is 4.36.